The summed E-state index contributed by atoms with van der Waals surface area (Å²) in [5.41, 5.74) is 2.04. The van der Waals surface area contributed by atoms with Crippen LogP contribution in [0.2, 0.25) is 0 Å². The number of rotatable bonds is 2. The van der Waals surface area contributed by atoms with Crippen molar-refractivity contribution < 1.29 is 19.0 Å². The Morgan fingerprint density at radius 2 is 2.00 bits per heavy atom. The Hall–Kier alpha value is -2.40. The van der Waals surface area contributed by atoms with E-state index in [0.717, 1.165) is 11.1 Å². The molecule has 0 aliphatic carbocycles. The van der Waals surface area contributed by atoms with Crippen LogP contribution in [0.25, 0.3) is 0 Å². The van der Waals surface area contributed by atoms with Gasteiger partial charge >= 0.3 is 5.97 Å². The molecule has 1 aliphatic heterocycles. The van der Waals surface area contributed by atoms with Gasteiger partial charge in [0, 0.05) is 12.1 Å². The van der Waals surface area contributed by atoms with Gasteiger partial charge in [0.05, 0.1) is 11.6 Å². The van der Waals surface area contributed by atoms with E-state index in [2.05, 4.69) is 5.32 Å². The summed E-state index contributed by atoms with van der Waals surface area (Å²) in [5.74, 6) is -0.677. The van der Waals surface area contributed by atoms with E-state index in [1.807, 2.05) is 0 Å². The largest absolute Gasteiger partial charge is 0.491 e. The molecule has 1 aliphatic rings. The van der Waals surface area contributed by atoms with Crippen LogP contribution in [-0.4, -0.2) is 17.7 Å². The van der Waals surface area contributed by atoms with Gasteiger partial charge in [-0.3, -0.25) is 0 Å². The lowest BCUT2D eigenvalue weighted by molar-refractivity contribution is 0.0696. The number of carboxylic acids is 1. The van der Waals surface area contributed by atoms with Crippen molar-refractivity contribution in [2.75, 3.05) is 6.61 Å². The SMILES string of the molecule is O=C(O)c1ccc2c(c1)OC[C@H](c1ccc(F)cc1)NC2. The predicted octanol–water partition coefficient (Wildman–Crippen LogP) is 2.75. The van der Waals surface area contributed by atoms with Gasteiger partial charge in [0.1, 0.15) is 18.2 Å². The standard InChI is InChI=1S/C16H14FNO3/c17-13-5-3-10(4-6-13)14-9-21-15-7-11(16(19)20)1-2-12(15)8-18-14/h1-7,14,18H,8-9H2,(H,19,20)/t14-/m1/s1. The molecule has 5 heteroatoms. The molecule has 0 spiro atoms. The van der Waals surface area contributed by atoms with E-state index in [1.165, 1.54) is 18.2 Å². The first-order chi connectivity index (χ1) is 10.1. The van der Waals surface area contributed by atoms with Gasteiger partial charge in [0.2, 0.25) is 0 Å². The highest BCUT2D eigenvalue weighted by molar-refractivity contribution is 5.88. The smallest absolute Gasteiger partial charge is 0.335 e. The van der Waals surface area contributed by atoms with E-state index in [0.29, 0.717) is 18.9 Å². The summed E-state index contributed by atoms with van der Waals surface area (Å²) in [6, 6.07) is 11.0. The van der Waals surface area contributed by atoms with Crippen LogP contribution in [0.3, 0.4) is 0 Å². The minimum atomic E-state index is -0.978. The number of hydrogen-bond donors (Lipinski definition) is 2. The monoisotopic (exact) mass is 287 g/mol. The van der Waals surface area contributed by atoms with Gasteiger partial charge in [-0.25, -0.2) is 9.18 Å². The normalized spacial score (nSPS) is 17.5. The molecule has 1 atom stereocenters. The third-order valence-corrected chi connectivity index (χ3v) is 3.53. The quantitative estimate of drug-likeness (QED) is 0.891. The molecule has 0 saturated carbocycles. The zero-order chi connectivity index (χ0) is 14.8. The summed E-state index contributed by atoms with van der Waals surface area (Å²) in [5, 5.41) is 12.3. The first-order valence-corrected chi connectivity index (χ1v) is 6.61. The number of carboxylic acid groups (broad SMARTS) is 1. The van der Waals surface area contributed by atoms with Crippen molar-refractivity contribution in [3.8, 4) is 5.75 Å². The van der Waals surface area contributed by atoms with Crippen LogP contribution in [0, 0.1) is 5.82 Å². The van der Waals surface area contributed by atoms with Crippen LogP contribution in [-0.2, 0) is 6.54 Å². The van der Waals surface area contributed by atoms with E-state index in [9.17, 15) is 9.18 Å². The molecule has 0 unspecified atom stereocenters. The number of benzene rings is 2. The predicted molar refractivity (Wildman–Crippen MR) is 74.9 cm³/mol. The number of aromatic carboxylic acids is 1. The summed E-state index contributed by atoms with van der Waals surface area (Å²) < 4.78 is 18.7. The van der Waals surface area contributed by atoms with Gasteiger partial charge in [0.25, 0.3) is 0 Å². The first kappa shape index (κ1) is 13.6. The average Bonchev–Trinajstić information content (AvgIpc) is 2.70. The fourth-order valence-electron chi connectivity index (χ4n) is 2.34. The summed E-state index contributed by atoms with van der Waals surface area (Å²) in [4.78, 5) is 11.0. The van der Waals surface area contributed by atoms with E-state index in [-0.39, 0.29) is 17.4 Å². The molecule has 21 heavy (non-hydrogen) atoms. The average molecular weight is 287 g/mol. The fraction of sp³-hybridized carbons (Fsp3) is 0.188. The van der Waals surface area contributed by atoms with Gasteiger partial charge < -0.3 is 15.2 Å². The molecule has 0 radical (unpaired) electrons. The molecule has 2 aromatic carbocycles. The maximum Gasteiger partial charge on any atom is 0.335 e. The highest BCUT2D eigenvalue weighted by atomic mass is 19.1. The van der Waals surface area contributed by atoms with Gasteiger partial charge in [-0.05, 0) is 29.8 Å². The second kappa shape index (κ2) is 5.54. The number of hydrogen-bond acceptors (Lipinski definition) is 3. The number of nitrogens with one attached hydrogen (secondary N) is 1. The van der Waals surface area contributed by atoms with E-state index >= 15 is 0 Å². The minimum Gasteiger partial charge on any atom is -0.491 e. The zero-order valence-corrected chi connectivity index (χ0v) is 11.2. The molecular formula is C16H14FNO3. The molecule has 1 heterocycles. The van der Waals surface area contributed by atoms with Crippen LogP contribution in [0.15, 0.2) is 42.5 Å². The van der Waals surface area contributed by atoms with Crippen molar-refractivity contribution in [2.45, 2.75) is 12.6 Å². The lowest BCUT2D eigenvalue weighted by atomic mass is 10.1. The Balaban J connectivity index is 1.81. The van der Waals surface area contributed by atoms with Crippen LogP contribution in [0.4, 0.5) is 4.39 Å². The molecule has 2 N–H and O–H groups in total. The maximum atomic E-state index is 13.0. The number of halogens is 1. The topological polar surface area (TPSA) is 58.6 Å². The summed E-state index contributed by atoms with van der Waals surface area (Å²) in [6.07, 6.45) is 0. The lowest BCUT2D eigenvalue weighted by Gasteiger charge is -2.15. The van der Waals surface area contributed by atoms with Gasteiger partial charge in [-0.15, -0.1) is 0 Å². The van der Waals surface area contributed by atoms with Crippen molar-refractivity contribution in [1.82, 2.24) is 5.32 Å². The minimum absolute atomic E-state index is 0.0636. The highest BCUT2D eigenvalue weighted by Crippen LogP contribution is 2.26. The van der Waals surface area contributed by atoms with E-state index in [4.69, 9.17) is 9.84 Å². The van der Waals surface area contributed by atoms with Crippen molar-refractivity contribution in [1.29, 1.82) is 0 Å². The number of fused-ring (bicyclic) bond motifs is 1. The Labute approximate surface area is 121 Å². The molecule has 0 aromatic heterocycles. The summed E-state index contributed by atoms with van der Waals surface area (Å²) in [7, 11) is 0. The summed E-state index contributed by atoms with van der Waals surface area (Å²) >= 11 is 0. The number of ether oxygens (including phenoxy) is 1. The van der Waals surface area contributed by atoms with Crippen molar-refractivity contribution in [3.05, 3.63) is 65.0 Å². The number of carbonyl (C=O) groups is 1. The third kappa shape index (κ3) is 2.87. The second-order valence-corrected chi connectivity index (χ2v) is 4.92. The van der Waals surface area contributed by atoms with Crippen molar-refractivity contribution in [2.24, 2.45) is 0 Å². The van der Waals surface area contributed by atoms with Crippen LogP contribution >= 0.6 is 0 Å². The Morgan fingerprint density at radius 1 is 1.24 bits per heavy atom. The molecule has 0 amide bonds. The lowest BCUT2D eigenvalue weighted by Crippen LogP contribution is -2.23. The third-order valence-electron chi connectivity index (χ3n) is 3.53. The molecule has 4 nitrogen and oxygen atoms in total. The van der Waals surface area contributed by atoms with Crippen molar-refractivity contribution >= 4 is 5.97 Å². The van der Waals surface area contributed by atoms with Gasteiger partial charge in [-0.2, -0.15) is 0 Å². The molecular weight excluding hydrogens is 273 g/mol. The summed E-state index contributed by atoms with van der Waals surface area (Å²) in [6.45, 7) is 0.930. The second-order valence-electron chi connectivity index (χ2n) is 4.92. The Morgan fingerprint density at radius 3 is 2.71 bits per heavy atom. The van der Waals surface area contributed by atoms with Gasteiger partial charge in [0.15, 0.2) is 0 Å². The van der Waals surface area contributed by atoms with Crippen molar-refractivity contribution in [3.63, 3.8) is 0 Å². The highest BCUT2D eigenvalue weighted by Gasteiger charge is 2.19. The Kier molecular flexibility index (Phi) is 3.58. The first-order valence-electron chi connectivity index (χ1n) is 6.61. The molecule has 2 aromatic rings. The van der Waals surface area contributed by atoms with Crippen LogP contribution in [0.1, 0.15) is 27.5 Å². The molecule has 0 saturated heterocycles. The van der Waals surface area contributed by atoms with Crippen LogP contribution in [0.5, 0.6) is 5.75 Å². The van der Waals surface area contributed by atoms with E-state index < -0.39 is 5.97 Å². The molecule has 3 rings (SSSR count). The molecule has 0 bridgehead atoms. The Bertz CT molecular complexity index is 670. The fourth-order valence-corrected chi connectivity index (χ4v) is 2.34. The molecule has 0 fully saturated rings. The van der Waals surface area contributed by atoms with E-state index in [1.54, 1.807) is 24.3 Å². The zero-order valence-electron chi connectivity index (χ0n) is 11.2. The van der Waals surface area contributed by atoms with Crippen LogP contribution < -0.4 is 10.1 Å². The molecule has 108 valence electrons. The van der Waals surface area contributed by atoms with Gasteiger partial charge in [-0.1, -0.05) is 18.2 Å². The maximum absolute atomic E-state index is 13.0.